The van der Waals surface area contributed by atoms with Crippen LogP contribution in [0.25, 0.3) is 0 Å². The number of amides is 3. The van der Waals surface area contributed by atoms with Gasteiger partial charge in [-0.05, 0) is 42.7 Å². The largest absolute Gasteiger partial charge is 0.464 e. The summed E-state index contributed by atoms with van der Waals surface area (Å²) in [6.45, 7) is 6.65. The van der Waals surface area contributed by atoms with E-state index in [0.29, 0.717) is 18.8 Å². The van der Waals surface area contributed by atoms with E-state index in [9.17, 15) is 14.0 Å². The highest BCUT2D eigenvalue weighted by atomic mass is 19.1. The Morgan fingerprint density at radius 3 is 2.27 bits per heavy atom. The molecular weight excluding hydrogens is 421 g/mol. The highest BCUT2D eigenvalue weighted by Gasteiger charge is 2.24. The summed E-state index contributed by atoms with van der Waals surface area (Å²) in [5, 5.41) is 2.59. The molecule has 0 atom stereocenters. The number of furan rings is 1. The second-order valence-corrected chi connectivity index (χ2v) is 8.43. The van der Waals surface area contributed by atoms with Crippen LogP contribution in [0, 0.1) is 18.7 Å². The SMILES string of the molecule is Cc1ccc(CN(Cc2ccccc2)C(=O)CN(CC(C)C)C(=O)Nc2ccccc2F)o1. The minimum absolute atomic E-state index is 0.0795. The van der Waals surface area contributed by atoms with Crippen LogP contribution in [-0.2, 0) is 17.9 Å². The summed E-state index contributed by atoms with van der Waals surface area (Å²) in [6, 6.07) is 18.8. The molecule has 0 aliphatic carbocycles. The van der Waals surface area contributed by atoms with Crippen molar-refractivity contribution in [1.82, 2.24) is 9.80 Å². The molecular formula is C26H30FN3O3. The Labute approximate surface area is 194 Å². The number of urea groups is 1. The first-order valence-corrected chi connectivity index (χ1v) is 11.0. The molecule has 0 saturated carbocycles. The maximum absolute atomic E-state index is 14.0. The number of nitrogens with zero attached hydrogens (tertiary/aromatic N) is 2. The van der Waals surface area contributed by atoms with Gasteiger partial charge in [-0.3, -0.25) is 4.79 Å². The molecule has 2 aromatic carbocycles. The normalized spacial score (nSPS) is 10.8. The summed E-state index contributed by atoms with van der Waals surface area (Å²) in [7, 11) is 0. The van der Waals surface area contributed by atoms with Crippen LogP contribution in [0.1, 0.15) is 30.9 Å². The van der Waals surface area contributed by atoms with Crippen molar-refractivity contribution in [2.45, 2.75) is 33.9 Å². The standard InChI is InChI=1S/C26H30FN3O3/c1-19(2)15-30(26(32)28-24-12-8-7-11-23(24)27)18-25(31)29(16-21-9-5-4-6-10-21)17-22-14-13-20(3)33-22/h4-14,19H,15-18H2,1-3H3,(H,28,32). The second kappa shape index (κ2) is 11.3. The lowest BCUT2D eigenvalue weighted by Crippen LogP contribution is -2.45. The van der Waals surface area contributed by atoms with E-state index in [1.807, 2.05) is 63.2 Å². The van der Waals surface area contributed by atoms with Crippen LogP contribution in [0.5, 0.6) is 0 Å². The first-order valence-electron chi connectivity index (χ1n) is 11.0. The van der Waals surface area contributed by atoms with Gasteiger partial charge in [-0.2, -0.15) is 0 Å². The number of hydrogen-bond donors (Lipinski definition) is 1. The molecule has 1 aromatic heterocycles. The molecule has 33 heavy (non-hydrogen) atoms. The predicted octanol–water partition coefficient (Wildman–Crippen LogP) is 5.45. The summed E-state index contributed by atoms with van der Waals surface area (Å²) in [6.07, 6.45) is 0. The Morgan fingerprint density at radius 1 is 0.939 bits per heavy atom. The quantitative estimate of drug-likeness (QED) is 0.471. The van der Waals surface area contributed by atoms with Gasteiger partial charge in [0.1, 0.15) is 23.9 Å². The third kappa shape index (κ3) is 7.20. The van der Waals surface area contributed by atoms with Gasteiger partial charge in [0.25, 0.3) is 0 Å². The van der Waals surface area contributed by atoms with Crippen molar-refractivity contribution in [1.29, 1.82) is 0 Å². The minimum Gasteiger partial charge on any atom is -0.464 e. The number of benzene rings is 2. The molecule has 0 bridgehead atoms. The lowest BCUT2D eigenvalue weighted by molar-refractivity contribution is -0.133. The van der Waals surface area contributed by atoms with Crippen LogP contribution in [-0.4, -0.2) is 34.8 Å². The third-order valence-corrected chi connectivity index (χ3v) is 5.03. The topological polar surface area (TPSA) is 65.8 Å². The maximum Gasteiger partial charge on any atom is 0.322 e. The lowest BCUT2D eigenvalue weighted by atomic mass is 10.2. The van der Waals surface area contributed by atoms with Gasteiger partial charge >= 0.3 is 6.03 Å². The highest BCUT2D eigenvalue weighted by molar-refractivity contribution is 5.92. The fourth-order valence-corrected chi connectivity index (χ4v) is 3.47. The Bertz CT molecular complexity index is 1070. The molecule has 3 aromatic rings. The number of nitrogens with one attached hydrogen (secondary N) is 1. The number of anilines is 1. The Balaban J connectivity index is 1.77. The number of hydrogen-bond acceptors (Lipinski definition) is 3. The summed E-state index contributed by atoms with van der Waals surface area (Å²) in [5.74, 6) is 0.808. The van der Waals surface area contributed by atoms with E-state index in [4.69, 9.17) is 4.42 Å². The Kier molecular flexibility index (Phi) is 8.24. The van der Waals surface area contributed by atoms with Gasteiger partial charge in [-0.25, -0.2) is 9.18 Å². The molecule has 0 aliphatic rings. The van der Waals surface area contributed by atoms with Crippen LogP contribution < -0.4 is 5.32 Å². The van der Waals surface area contributed by atoms with Crippen LogP contribution in [0.2, 0.25) is 0 Å². The van der Waals surface area contributed by atoms with Gasteiger partial charge in [-0.1, -0.05) is 56.3 Å². The van der Waals surface area contributed by atoms with Crippen molar-refractivity contribution in [2.24, 2.45) is 5.92 Å². The fraction of sp³-hybridized carbons (Fsp3) is 0.308. The average Bonchev–Trinajstić information content (AvgIpc) is 3.19. The molecule has 174 valence electrons. The number of carbonyl (C=O) groups excluding carboxylic acids is 2. The van der Waals surface area contributed by atoms with E-state index in [1.54, 1.807) is 17.0 Å². The third-order valence-electron chi connectivity index (χ3n) is 5.03. The molecule has 6 nitrogen and oxygen atoms in total. The van der Waals surface area contributed by atoms with Crippen LogP contribution in [0.4, 0.5) is 14.9 Å². The van der Waals surface area contributed by atoms with Crippen LogP contribution in [0.3, 0.4) is 0 Å². The minimum atomic E-state index is -0.527. The smallest absolute Gasteiger partial charge is 0.322 e. The van der Waals surface area contributed by atoms with E-state index in [2.05, 4.69) is 5.32 Å². The number of para-hydroxylation sites is 1. The monoisotopic (exact) mass is 451 g/mol. The summed E-state index contributed by atoms with van der Waals surface area (Å²) >= 11 is 0. The zero-order valence-corrected chi connectivity index (χ0v) is 19.3. The van der Waals surface area contributed by atoms with Crippen molar-refractivity contribution >= 4 is 17.6 Å². The van der Waals surface area contributed by atoms with Crippen molar-refractivity contribution in [3.63, 3.8) is 0 Å². The molecule has 1 heterocycles. The molecule has 3 amide bonds. The number of rotatable bonds is 9. The Morgan fingerprint density at radius 2 is 1.64 bits per heavy atom. The summed E-state index contributed by atoms with van der Waals surface area (Å²) in [5.41, 5.74) is 1.05. The summed E-state index contributed by atoms with van der Waals surface area (Å²) < 4.78 is 19.7. The first-order chi connectivity index (χ1) is 15.8. The predicted molar refractivity (Wildman–Crippen MR) is 126 cm³/mol. The van der Waals surface area contributed by atoms with Crippen molar-refractivity contribution < 1.29 is 18.4 Å². The molecule has 3 rings (SSSR count). The van der Waals surface area contributed by atoms with E-state index in [-0.39, 0.29) is 30.6 Å². The molecule has 0 aliphatic heterocycles. The maximum atomic E-state index is 14.0. The number of halogens is 1. The highest BCUT2D eigenvalue weighted by Crippen LogP contribution is 2.16. The van der Waals surface area contributed by atoms with Crippen LogP contribution >= 0.6 is 0 Å². The molecule has 0 saturated heterocycles. The van der Waals surface area contributed by atoms with E-state index in [0.717, 1.165) is 11.3 Å². The van der Waals surface area contributed by atoms with E-state index >= 15 is 0 Å². The molecule has 0 radical (unpaired) electrons. The molecule has 1 N–H and O–H groups in total. The number of aryl methyl sites for hydroxylation is 1. The van der Waals surface area contributed by atoms with Crippen molar-refractivity contribution in [3.05, 3.63) is 89.6 Å². The van der Waals surface area contributed by atoms with Gasteiger partial charge in [0.15, 0.2) is 0 Å². The average molecular weight is 452 g/mol. The van der Waals surface area contributed by atoms with E-state index < -0.39 is 11.8 Å². The van der Waals surface area contributed by atoms with Gasteiger partial charge in [0, 0.05) is 13.1 Å². The van der Waals surface area contributed by atoms with Gasteiger partial charge in [-0.15, -0.1) is 0 Å². The molecule has 0 fully saturated rings. The zero-order valence-electron chi connectivity index (χ0n) is 19.3. The van der Waals surface area contributed by atoms with Gasteiger partial charge < -0.3 is 19.5 Å². The molecule has 7 heteroatoms. The van der Waals surface area contributed by atoms with Gasteiger partial charge in [0.2, 0.25) is 5.91 Å². The van der Waals surface area contributed by atoms with Crippen molar-refractivity contribution in [2.75, 3.05) is 18.4 Å². The molecule has 0 unspecified atom stereocenters. The molecule has 0 spiro atoms. The number of carbonyl (C=O) groups is 2. The van der Waals surface area contributed by atoms with Crippen LogP contribution in [0.15, 0.2) is 71.1 Å². The van der Waals surface area contributed by atoms with Crippen molar-refractivity contribution in [3.8, 4) is 0 Å². The zero-order chi connectivity index (χ0) is 23.8. The lowest BCUT2D eigenvalue weighted by Gasteiger charge is -2.28. The summed E-state index contributed by atoms with van der Waals surface area (Å²) in [4.78, 5) is 29.4. The second-order valence-electron chi connectivity index (χ2n) is 8.43. The van der Waals surface area contributed by atoms with Gasteiger partial charge in [0.05, 0.1) is 12.2 Å². The van der Waals surface area contributed by atoms with E-state index in [1.165, 1.54) is 17.0 Å². The Hall–Kier alpha value is -3.61. The fourth-order valence-electron chi connectivity index (χ4n) is 3.47. The first kappa shape index (κ1) is 24.0.